The lowest BCUT2D eigenvalue weighted by Crippen LogP contribution is -2.37. The Kier molecular flexibility index (Phi) is 5.10. The topological polar surface area (TPSA) is 70.2 Å². The summed E-state index contributed by atoms with van der Waals surface area (Å²) in [6.45, 7) is 3.61. The molecule has 6 nitrogen and oxygen atoms in total. The van der Waals surface area contributed by atoms with Crippen LogP contribution in [0.15, 0.2) is 58.6 Å². The molecule has 0 aliphatic carbocycles. The lowest BCUT2D eigenvalue weighted by Gasteiger charge is -2.33. The molecular formula is C22H24N4O2. The van der Waals surface area contributed by atoms with Crippen LogP contribution in [0.2, 0.25) is 0 Å². The third-order valence-electron chi connectivity index (χ3n) is 5.53. The molecule has 0 atom stereocenters. The van der Waals surface area contributed by atoms with Crippen LogP contribution < -0.4 is 10.5 Å². The van der Waals surface area contributed by atoms with Gasteiger partial charge in [-0.3, -0.25) is 9.20 Å². The van der Waals surface area contributed by atoms with Gasteiger partial charge in [-0.25, -0.2) is 4.98 Å². The third-order valence-corrected chi connectivity index (χ3v) is 5.53. The van der Waals surface area contributed by atoms with Crippen molar-refractivity contribution >= 4 is 17.7 Å². The van der Waals surface area contributed by atoms with Gasteiger partial charge in [0.05, 0.1) is 6.21 Å². The number of oxime groups is 1. The van der Waals surface area contributed by atoms with E-state index in [4.69, 9.17) is 10.2 Å². The molecule has 1 fully saturated rings. The molecule has 0 amide bonds. The van der Waals surface area contributed by atoms with Crippen LogP contribution in [0.3, 0.4) is 0 Å². The summed E-state index contributed by atoms with van der Waals surface area (Å²) < 4.78 is 1.51. The van der Waals surface area contributed by atoms with Crippen LogP contribution in [0, 0.1) is 12.8 Å². The Morgan fingerprint density at radius 2 is 1.93 bits per heavy atom. The van der Waals surface area contributed by atoms with E-state index in [2.05, 4.69) is 34.3 Å². The van der Waals surface area contributed by atoms with Crippen LogP contribution in [0.25, 0.3) is 5.65 Å². The maximum Gasteiger partial charge on any atom is 0.269 e. The molecule has 3 heterocycles. The van der Waals surface area contributed by atoms with Crippen molar-refractivity contribution in [2.45, 2.75) is 26.2 Å². The number of fused-ring (bicyclic) bond motifs is 1. The smallest absolute Gasteiger partial charge is 0.269 e. The van der Waals surface area contributed by atoms with Gasteiger partial charge in [0.1, 0.15) is 17.0 Å². The summed E-state index contributed by atoms with van der Waals surface area (Å²) in [6, 6.07) is 14.3. The first-order chi connectivity index (χ1) is 13.7. The molecule has 144 valence electrons. The molecular weight excluding hydrogens is 352 g/mol. The number of hydrogen-bond donors (Lipinski definition) is 1. The summed E-state index contributed by atoms with van der Waals surface area (Å²) >= 11 is 0. The van der Waals surface area contributed by atoms with E-state index < -0.39 is 0 Å². The second kappa shape index (κ2) is 7.84. The lowest BCUT2D eigenvalue weighted by molar-refractivity contribution is 0.321. The van der Waals surface area contributed by atoms with E-state index in [0.29, 0.717) is 22.9 Å². The first kappa shape index (κ1) is 18.2. The molecule has 0 unspecified atom stereocenters. The quantitative estimate of drug-likeness (QED) is 0.431. The molecule has 28 heavy (non-hydrogen) atoms. The number of hydrogen-bond acceptors (Lipinski definition) is 5. The van der Waals surface area contributed by atoms with E-state index in [-0.39, 0.29) is 5.56 Å². The zero-order valence-electron chi connectivity index (χ0n) is 16.0. The molecule has 2 aromatic heterocycles. The summed E-state index contributed by atoms with van der Waals surface area (Å²) in [5.41, 5.74) is 3.06. The Morgan fingerprint density at radius 1 is 1.18 bits per heavy atom. The molecule has 0 spiro atoms. The highest BCUT2D eigenvalue weighted by molar-refractivity contribution is 5.86. The Labute approximate surface area is 163 Å². The average Bonchev–Trinajstić information content (AvgIpc) is 2.72. The highest BCUT2D eigenvalue weighted by Crippen LogP contribution is 2.26. The minimum absolute atomic E-state index is 0.215. The summed E-state index contributed by atoms with van der Waals surface area (Å²) in [4.78, 5) is 19.9. The summed E-state index contributed by atoms with van der Waals surface area (Å²) in [7, 11) is 0. The monoisotopic (exact) mass is 376 g/mol. The van der Waals surface area contributed by atoms with Gasteiger partial charge in [-0.2, -0.15) is 0 Å². The standard InChI is InChI=1S/C22H24N4O2/c1-16-6-5-11-26-20(16)24-21(19(15-23-28)22(26)27)25-12-9-18(10-13-25)14-17-7-3-2-4-8-17/h2-8,11,15,18,28H,9-10,12-14H2,1H3/b23-15+. The van der Waals surface area contributed by atoms with Crippen LogP contribution in [0.4, 0.5) is 5.82 Å². The van der Waals surface area contributed by atoms with Crippen molar-refractivity contribution in [3.63, 3.8) is 0 Å². The summed E-state index contributed by atoms with van der Waals surface area (Å²) in [5.74, 6) is 1.23. The molecule has 1 aromatic carbocycles. The van der Waals surface area contributed by atoms with Gasteiger partial charge in [-0.15, -0.1) is 0 Å². The van der Waals surface area contributed by atoms with E-state index in [1.54, 1.807) is 6.20 Å². The highest BCUT2D eigenvalue weighted by atomic mass is 16.4. The van der Waals surface area contributed by atoms with Crippen molar-refractivity contribution in [3.8, 4) is 0 Å². The van der Waals surface area contributed by atoms with Gasteiger partial charge in [-0.1, -0.05) is 41.6 Å². The maximum absolute atomic E-state index is 12.9. The maximum atomic E-state index is 12.9. The van der Waals surface area contributed by atoms with Crippen LogP contribution in [-0.2, 0) is 6.42 Å². The Hall–Kier alpha value is -3.15. The number of anilines is 1. The van der Waals surface area contributed by atoms with Crippen LogP contribution in [0.1, 0.15) is 29.5 Å². The molecule has 3 aromatic rings. The molecule has 0 bridgehead atoms. The SMILES string of the molecule is Cc1cccn2c(=O)c(/C=N/O)c(N3CCC(Cc4ccccc4)CC3)nc12. The third kappa shape index (κ3) is 3.50. The van der Waals surface area contributed by atoms with E-state index in [1.807, 2.05) is 25.1 Å². The number of nitrogens with zero attached hydrogens (tertiary/aromatic N) is 4. The summed E-state index contributed by atoms with van der Waals surface area (Å²) in [5, 5.41) is 12.2. The fourth-order valence-electron chi connectivity index (χ4n) is 4.01. The minimum Gasteiger partial charge on any atom is -0.411 e. The van der Waals surface area contributed by atoms with Gasteiger partial charge in [0.25, 0.3) is 5.56 Å². The number of benzene rings is 1. The molecule has 4 rings (SSSR count). The normalized spacial score (nSPS) is 15.5. The van der Waals surface area contributed by atoms with Gasteiger partial charge in [0.15, 0.2) is 0 Å². The second-order valence-electron chi connectivity index (χ2n) is 7.40. The van der Waals surface area contributed by atoms with Gasteiger partial charge >= 0.3 is 0 Å². The molecule has 1 aliphatic heterocycles. The van der Waals surface area contributed by atoms with Gasteiger partial charge in [-0.05, 0) is 49.3 Å². The molecule has 0 radical (unpaired) electrons. The predicted molar refractivity (Wildman–Crippen MR) is 111 cm³/mol. The van der Waals surface area contributed by atoms with Crippen molar-refractivity contribution in [1.29, 1.82) is 0 Å². The fraction of sp³-hybridized carbons (Fsp3) is 0.318. The first-order valence-electron chi connectivity index (χ1n) is 9.65. The Bertz CT molecular complexity index is 1050. The van der Waals surface area contributed by atoms with Crippen molar-refractivity contribution in [3.05, 3.63) is 75.7 Å². The second-order valence-corrected chi connectivity index (χ2v) is 7.40. The van der Waals surface area contributed by atoms with E-state index in [1.165, 1.54) is 16.2 Å². The zero-order valence-corrected chi connectivity index (χ0v) is 16.0. The first-order valence-corrected chi connectivity index (χ1v) is 9.65. The zero-order chi connectivity index (χ0) is 19.5. The Morgan fingerprint density at radius 3 is 2.64 bits per heavy atom. The molecule has 1 N–H and O–H groups in total. The largest absolute Gasteiger partial charge is 0.411 e. The Balaban J connectivity index is 1.61. The lowest BCUT2D eigenvalue weighted by atomic mass is 9.90. The number of piperidine rings is 1. The number of aryl methyl sites for hydroxylation is 1. The van der Waals surface area contributed by atoms with Gasteiger partial charge in [0, 0.05) is 19.3 Å². The number of pyridine rings is 1. The number of aromatic nitrogens is 2. The molecule has 1 aliphatic rings. The van der Waals surface area contributed by atoms with Crippen LogP contribution in [-0.4, -0.2) is 33.9 Å². The highest BCUT2D eigenvalue weighted by Gasteiger charge is 2.24. The summed E-state index contributed by atoms with van der Waals surface area (Å²) in [6.07, 6.45) is 6.06. The number of rotatable bonds is 4. The van der Waals surface area contributed by atoms with E-state index >= 15 is 0 Å². The molecule has 6 heteroatoms. The van der Waals surface area contributed by atoms with Crippen molar-refractivity contribution in [1.82, 2.24) is 9.38 Å². The van der Waals surface area contributed by atoms with E-state index in [9.17, 15) is 4.79 Å². The van der Waals surface area contributed by atoms with Crippen molar-refractivity contribution in [2.24, 2.45) is 11.1 Å². The van der Waals surface area contributed by atoms with Gasteiger partial charge in [0.2, 0.25) is 0 Å². The predicted octanol–water partition coefficient (Wildman–Crippen LogP) is 3.27. The van der Waals surface area contributed by atoms with Crippen molar-refractivity contribution in [2.75, 3.05) is 18.0 Å². The van der Waals surface area contributed by atoms with Gasteiger partial charge < -0.3 is 10.1 Å². The minimum atomic E-state index is -0.215. The van der Waals surface area contributed by atoms with Crippen LogP contribution >= 0.6 is 0 Å². The average molecular weight is 376 g/mol. The molecule has 0 saturated carbocycles. The molecule has 1 saturated heterocycles. The van der Waals surface area contributed by atoms with E-state index in [0.717, 1.165) is 37.9 Å². The van der Waals surface area contributed by atoms with Crippen LogP contribution in [0.5, 0.6) is 0 Å². The van der Waals surface area contributed by atoms with Crippen molar-refractivity contribution < 1.29 is 5.21 Å². The fourth-order valence-corrected chi connectivity index (χ4v) is 4.01.